The molecule has 1 atom stereocenters. The minimum atomic E-state index is -3.91. The van der Waals surface area contributed by atoms with E-state index in [4.69, 9.17) is 19.0 Å². The summed E-state index contributed by atoms with van der Waals surface area (Å²) in [5.41, 5.74) is 2.41. The second-order valence-corrected chi connectivity index (χ2v) is 11.6. The van der Waals surface area contributed by atoms with Crippen molar-refractivity contribution in [2.75, 3.05) is 39.5 Å². The van der Waals surface area contributed by atoms with Gasteiger partial charge in [0.25, 0.3) is 5.91 Å². The zero-order valence-electron chi connectivity index (χ0n) is 20.3. The van der Waals surface area contributed by atoms with Crippen molar-refractivity contribution in [1.82, 2.24) is 9.79 Å². The summed E-state index contributed by atoms with van der Waals surface area (Å²) >= 11 is 0. The number of carbonyl (C=O) groups is 2. The molecule has 3 heterocycles. The van der Waals surface area contributed by atoms with Crippen molar-refractivity contribution in [1.29, 1.82) is 0 Å². The summed E-state index contributed by atoms with van der Waals surface area (Å²) in [5.74, 6) is -0.381. The van der Waals surface area contributed by atoms with Crippen LogP contribution in [-0.4, -0.2) is 75.2 Å². The number of piperidine rings is 1. The molecule has 0 bridgehead atoms. The van der Waals surface area contributed by atoms with Gasteiger partial charge >= 0.3 is 5.97 Å². The fourth-order valence-electron chi connectivity index (χ4n) is 4.94. The first kappa shape index (κ1) is 27.3. The van der Waals surface area contributed by atoms with Gasteiger partial charge in [-0.1, -0.05) is 12.8 Å². The quantitative estimate of drug-likeness (QED) is 0.258. The van der Waals surface area contributed by atoms with Gasteiger partial charge in [0.05, 0.1) is 6.61 Å². The van der Waals surface area contributed by atoms with E-state index in [1.165, 1.54) is 4.31 Å². The first-order valence-corrected chi connectivity index (χ1v) is 14.1. The summed E-state index contributed by atoms with van der Waals surface area (Å²) in [6.45, 7) is 3.98. The third-order valence-electron chi connectivity index (χ3n) is 7.09. The molecule has 0 radical (unpaired) electrons. The Morgan fingerprint density at radius 2 is 1.79 bits per heavy atom. The van der Waals surface area contributed by atoms with Crippen molar-refractivity contribution < 1.29 is 37.1 Å². The van der Waals surface area contributed by atoms with Gasteiger partial charge in [-0.2, -0.15) is 0 Å². The molecule has 3 aliphatic heterocycles. The Bertz CT molecular complexity index is 755. The molecule has 1 N–H and O–H groups in total. The fraction of sp³-hybridized carbons (Fsp3) is 0.913. The second kappa shape index (κ2) is 13.2. The fourth-order valence-corrected chi connectivity index (χ4v) is 7.08. The largest absolute Gasteiger partial charge is 0.466 e. The van der Waals surface area contributed by atoms with Gasteiger partial charge in [-0.25, -0.2) is 23.0 Å². The summed E-state index contributed by atoms with van der Waals surface area (Å²) < 4.78 is 43.2. The highest BCUT2D eigenvalue weighted by Gasteiger charge is 2.54. The van der Waals surface area contributed by atoms with Crippen LogP contribution in [0.5, 0.6) is 0 Å². The third-order valence-corrected chi connectivity index (χ3v) is 9.72. The van der Waals surface area contributed by atoms with Crippen LogP contribution in [0.25, 0.3) is 0 Å². The molecule has 0 aromatic carbocycles. The minimum Gasteiger partial charge on any atom is -0.466 e. The first-order chi connectivity index (χ1) is 16.4. The predicted octanol–water partition coefficient (Wildman–Crippen LogP) is 2.28. The molecular weight excluding hydrogens is 464 g/mol. The number of nitrogens with zero attached hydrogens (tertiary/aromatic N) is 1. The first-order valence-electron chi connectivity index (χ1n) is 12.7. The maximum Gasteiger partial charge on any atom is 0.305 e. The normalized spacial score (nSPS) is 24.4. The molecule has 3 saturated heterocycles. The molecule has 196 valence electrons. The third kappa shape index (κ3) is 6.90. The van der Waals surface area contributed by atoms with Crippen molar-refractivity contribution in [2.45, 2.75) is 88.6 Å². The highest BCUT2D eigenvalue weighted by Crippen LogP contribution is 2.36. The van der Waals surface area contributed by atoms with Crippen LogP contribution in [0.1, 0.15) is 77.6 Å². The van der Waals surface area contributed by atoms with Gasteiger partial charge in [0.1, 0.15) is 0 Å². The summed E-state index contributed by atoms with van der Waals surface area (Å²) in [6, 6.07) is 0. The Morgan fingerprint density at radius 3 is 2.44 bits per heavy atom. The van der Waals surface area contributed by atoms with Crippen LogP contribution in [0.2, 0.25) is 0 Å². The Kier molecular flexibility index (Phi) is 10.6. The van der Waals surface area contributed by atoms with Gasteiger partial charge < -0.3 is 14.2 Å². The summed E-state index contributed by atoms with van der Waals surface area (Å²) in [6.07, 6.45) is 6.79. The molecule has 11 heteroatoms. The van der Waals surface area contributed by atoms with Crippen LogP contribution in [-0.2, 0) is 38.7 Å². The maximum atomic E-state index is 13.7. The van der Waals surface area contributed by atoms with Crippen molar-refractivity contribution in [2.24, 2.45) is 5.92 Å². The van der Waals surface area contributed by atoms with Crippen LogP contribution < -0.4 is 5.48 Å². The number of esters is 1. The van der Waals surface area contributed by atoms with Gasteiger partial charge in [-0.05, 0) is 44.9 Å². The maximum absolute atomic E-state index is 13.7. The average Bonchev–Trinajstić information content (AvgIpc) is 2.86. The van der Waals surface area contributed by atoms with E-state index in [-0.39, 0.29) is 32.0 Å². The number of amides is 1. The van der Waals surface area contributed by atoms with E-state index in [2.05, 4.69) is 5.48 Å². The van der Waals surface area contributed by atoms with Crippen LogP contribution in [0, 0.1) is 5.92 Å². The van der Waals surface area contributed by atoms with Gasteiger partial charge in [-0.15, -0.1) is 0 Å². The van der Waals surface area contributed by atoms with E-state index in [1.807, 2.05) is 0 Å². The van der Waals surface area contributed by atoms with Crippen molar-refractivity contribution in [3.8, 4) is 0 Å². The molecule has 0 spiro atoms. The molecule has 0 aromatic rings. The number of nitrogens with one attached hydrogen (secondary N) is 1. The highest BCUT2D eigenvalue weighted by atomic mass is 32.2. The van der Waals surface area contributed by atoms with E-state index in [1.54, 1.807) is 6.92 Å². The lowest BCUT2D eigenvalue weighted by Gasteiger charge is -2.41. The van der Waals surface area contributed by atoms with Crippen LogP contribution in [0.3, 0.4) is 0 Å². The van der Waals surface area contributed by atoms with E-state index in [0.717, 1.165) is 44.9 Å². The van der Waals surface area contributed by atoms with Crippen LogP contribution >= 0.6 is 0 Å². The smallest absolute Gasteiger partial charge is 0.305 e. The van der Waals surface area contributed by atoms with Crippen molar-refractivity contribution in [3.05, 3.63) is 0 Å². The van der Waals surface area contributed by atoms with Crippen LogP contribution in [0.15, 0.2) is 0 Å². The lowest BCUT2D eigenvalue weighted by Crippen LogP contribution is -2.61. The number of carbonyl (C=O) groups excluding carboxylic acids is 2. The Balaban J connectivity index is 1.53. The average molecular weight is 505 g/mol. The Hall–Kier alpha value is -1.27. The minimum absolute atomic E-state index is 0.101. The Morgan fingerprint density at radius 1 is 1.06 bits per heavy atom. The zero-order chi connectivity index (χ0) is 24.4. The van der Waals surface area contributed by atoms with Crippen LogP contribution in [0.4, 0.5) is 0 Å². The molecule has 3 aliphatic rings. The van der Waals surface area contributed by atoms with Gasteiger partial charge in [0, 0.05) is 58.6 Å². The number of hydrogen-bond acceptors (Lipinski definition) is 8. The highest BCUT2D eigenvalue weighted by molar-refractivity contribution is 7.91. The van der Waals surface area contributed by atoms with Gasteiger partial charge in [0.2, 0.25) is 10.0 Å². The molecular formula is C23H40N2O8S. The SMILES string of the molecule is CCOC(=O)CCCCC1CCN(S(=O)(=O)C2(C(=O)NOC3CCCCO3)CCOCC2)CC1. The molecule has 0 aromatic heterocycles. The standard InChI is InChI=1S/C23H40N2O8S/c1-2-31-20(26)8-4-3-7-19-10-14-25(15-11-19)34(28,29)23(12-17-30-18-13-23)22(27)24-33-21-9-5-6-16-32-21/h19,21H,2-18H2,1H3,(H,24,27). The Labute approximate surface area is 203 Å². The van der Waals surface area contributed by atoms with E-state index < -0.39 is 27.0 Å². The predicted molar refractivity (Wildman–Crippen MR) is 124 cm³/mol. The molecule has 34 heavy (non-hydrogen) atoms. The summed E-state index contributed by atoms with van der Waals surface area (Å²) in [7, 11) is -3.91. The van der Waals surface area contributed by atoms with Gasteiger partial charge in [-0.3, -0.25) is 9.59 Å². The number of ether oxygens (including phenoxy) is 3. The monoisotopic (exact) mass is 504 g/mol. The molecule has 10 nitrogen and oxygen atoms in total. The number of hydrogen-bond donors (Lipinski definition) is 1. The van der Waals surface area contributed by atoms with Crippen molar-refractivity contribution >= 4 is 21.9 Å². The zero-order valence-corrected chi connectivity index (χ0v) is 21.1. The van der Waals surface area contributed by atoms with E-state index in [0.29, 0.717) is 45.1 Å². The topological polar surface area (TPSA) is 120 Å². The molecule has 0 aliphatic carbocycles. The molecule has 3 fully saturated rings. The molecule has 1 unspecified atom stereocenters. The summed E-state index contributed by atoms with van der Waals surface area (Å²) in [4.78, 5) is 30.1. The van der Waals surface area contributed by atoms with E-state index >= 15 is 0 Å². The number of unbranched alkanes of at least 4 members (excludes halogenated alkanes) is 1. The van der Waals surface area contributed by atoms with Gasteiger partial charge in [0.15, 0.2) is 11.0 Å². The lowest BCUT2D eigenvalue weighted by molar-refractivity contribution is -0.202. The number of sulfonamides is 1. The number of rotatable bonds is 11. The molecule has 1 amide bonds. The van der Waals surface area contributed by atoms with Crippen molar-refractivity contribution in [3.63, 3.8) is 0 Å². The molecule has 0 saturated carbocycles. The number of hydroxylamine groups is 1. The second-order valence-electron chi connectivity index (χ2n) is 9.35. The van der Waals surface area contributed by atoms with E-state index in [9.17, 15) is 18.0 Å². The summed E-state index contributed by atoms with van der Waals surface area (Å²) in [5, 5.41) is 0. The molecule has 3 rings (SSSR count). The lowest BCUT2D eigenvalue weighted by atomic mass is 9.92.